The minimum Gasteiger partial charge on any atom is -0.360 e. The Morgan fingerprint density at radius 1 is 1.12 bits per heavy atom. The molecule has 25 heavy (non-hydrogen) atoms. The van der Waals surface area contributed by atoms with Crippen LogP contribution in [-0.4, -0.2) is 21.3 Å². The zero-order chi connectivity index (χ0) is 17.8. The SMILES string of the molecule is CCc1cccc(C)c1Nc1ccc(C(=O)Nc2cc(C)on2)nn1. The van der Waals surface area contributed by atoms with E-state index in [1.54, 1.807) is 25.1 Å². The van der Waals surface area contributed by atoms with E-state index in [2.05, 4.69) is 39.0 Å². The first-order valence-electron chi connectivity index (χ1n) is 8.00. The summed E-state index contributed by atoms with van der Waals surface area (Å²) in [6.07, 6.45) is 0.912. The van der Waals surface area contributed by atoms with E-state index in [4.69, 9.17) is 4.52 Å². The largest absolute Gasteiger partial charge is 0.360 e. The highest BCUT2D eigenvalue weighted by molar-refractivity contribution is 6.02. The summed E-state index contributed by atoms with van der Waals surface area (Å²) >= 11 is 0. The highest BCUT2D eigenvalue weighted by Gasteiger charge is 2.12. The topological polar surface area (TPSA) is 92.9 Å². The number of benzene rings is 1. The van der Waals surface area contributed by atoms with Crippen LogP contribution in [0.2, 0.25) is 0 Å². The van der Waals surface area contributed by atoms with Gasteiger partial charge in [0.25, 0.3) is 5.91 Å². The second kappa shape index (κ2) is 7.12. The number of amides is 1. The predicted molar refractivity (Wildman–Crippen MR) is 95.1 cm³/mol. The Balaban J connectivity index is 1.73. The Bertz CT molecular complexity index is 887. The van der Waals surface area contributed by atoms with Gasteiger partial charge in [-0.3, -0.25) is 4.79 Å². The van der Waals surface area contributed by atoms with E-state index < -0.39 is 5.91 Å². The predicted octanol–water partition coefficient (Wildman–Crippen LogP) is 3.64. The summed E-state index contributed by atoms with van der Waals surface area (Å²) < 4.78 is 4.91. The maximum atomic E-state index is 12.1. The van der Waals surface area contributed by atoms with Crippen molar-refractivity contribution in [3.05, 3.63) is 59.0 Å². The molecule has 3 aromatic rings. The molecule has 128 valence electrons. The first kappa shape index (κ1) is 16.6. The molecular weight excluding hydrogens is 318 g/mol. The molecule has 0 saturated carbocycles. The molecule has 0 aliphatic carbocycles. The van der Waals surface area contributed by atoms with E-state index in [9.17, 15) is 4.79 Å². The van der Waals surface area contributed by atoms with E-state index in [1.807, 2.05) is 19.1 Å². The van der Waals surface area contributed by atoms with Crippen LogP contribution in [0.5, 0.6) is 0 Å². The molecule has 0 saturated heterocycles. The Morgan fingerprint density at radius 2 is 1.96 bits per heavy atom. The molecule has 2 aromatic heterocycles. The summed E-state index contributed by atoms with van der Waals surface area (Å²) in [7, 11) is 0. The van der Waals surface area contributed by atoms with Crippen LogP contribution >= 0.6 is 0 Å². The third kappa shape index (κ3) is 3.82. The number of rotatable bonds is 5. The summed E-state index contributed by atoms with van der Waals surface area (Å²) in [6, 6.07) is 11.1. The van der Waals surface area contributed by atoms with E-state index in [-0.39, 0.29) is 5.69 Å². The van der Waals surface area contributed by atoms with Crippen molar-refractivity contribution in [1.29, 1.82) is 0 Å². The molecule has 1 amide bonds. The number of carbonyl (C=O) groups excluding carboxylic acids is 1. The molecule has 3 rings (SSSR count). The van der Waals surface area contributed by atoms with Crippen LogP contribution < -0.4 is 10.6 Å². The van der Waals surface area contributed by atoms with Gasteiger partial charge >= 0.3 is 0 Å². The van der Waals surface area contributed by atoms with Crippen molar-refractivity contribution in [2.75, 3.05) is 10.6 Å². The summed E-state index contributed by atoms with van der Waals surface area (Å²) in [4.78, 5) is 12.1. The first-order chi connectivity index (χ1) is 12.1. The lowest BCUT2D eigenvalue weighted by molar-refractivity contribution is 0.102. The maximum absolute atomic E-state index is 12.1. The van der Waals surface area contributed by atoms with Crippen molar-refractivity contribution < 1.29 is 9.32 Å². The third-order valence-corrected chi connectivity index (χ3v) is 3.76. The second-order valence-corrected chi connectivity index (χ2v) is 5.67. The fourth-order valence-corrected chi connectivity index (χ4v) is 2.46. The summed E-state index contributed by atoms with van der Waals surface area (Å²) in [5, 5.41) is 17.7. The molecule has 0 aliphatic heterocycles. The molecule has 0 bridgehead atoms. The number of anilines is 3. The summed E-state index contributed by atoms with van der Waals surface area (Å²) in [5.41, 5.74) is 3.55. The van der Waals surface area contributed by atoms with E-state index in [1.165, 1.54) is 5.56 Å². The van der Waals surface area contributed by atoms with Gasteiger partial charge in [-0.2, -0.15) is 0 Å². The Labute approximate surface area is 145 Å². The molecule has 0 radical (unpaired) electrons. The molecular formula is C18H19N5O2. The van der Waals surface area contributed by atoms with E-state index in [0.29, 0.717) is 17.4 Å². The van der Waals surface area contributed by atoms with Crippen molar-refractivity contribution in [3.63, 3.8) is 0 Å². The van der Waals surface area contributed by atoms with Crippen LogP contribution in [-0.2, 0) is 6.42 Å². The lowest BCUT2D eigenvalue weighted by atomic mass is 10.1. The number of hydrogen-bond acceptors (Lipinski definition) is 6. The highest BCUT2D eigenvalue weighted by atomic mass is 16.5. The minimum atomic E-state index is -0.391. The fourth-order valence-electron chi connectivity index (χ4n) is 2.46. The van der Waals surface area contributed by atoms with Crippen molar-refractivity contribution >= 4 is 23.2 Å². The highest BCUT2D eigenvalue weighted by Crippen LogP contribution is 2.24. The molecule has 7 nitrogen and oxygen atoms in total. The summed E-state index contributed by atoms with van der Waals surface area (Å²) in [6.45, 7) is 5.89. The van der Waals surface area contributed by atoms with Crippen molar-refractivity contribution in [1.82, 2.24) is 15.4 Å². The average molecular weight is 337 g/mol. The van der Waals surface area contributed by atoms with Gasteiger partial charge in [-0.15, -0.1) is 10.2 Å². The lowest BCUT2D eigenvalue weighted by Crippen LogP contribution is -2.14. The van der Waals surface area contributed by atoms with Crippen molar-refractivity contribution in [2.24, 2.45) is 0 Å². The van der Waals surface area contributed by atoms with Crippen LogP contribution in [0, 0.1) is 13.8 Å². The van der Waals surface area contributed by atoms with E-state index >= 15 is 0 Å². The van der Waals surface area contributed by atoms with Crippen LogP contribution in [0.4, 0.5) is 17.3 Å². The summed E-state index contributed by atoms with van der Waals surface area (Å²) in [5.74, 6) is 1.15. The standard InChI is InChI=1S/C18H19N5O2/c1-4-13-7-5-6-11(2)17(13)19-15-9-8-14(21-22-15)18(24)20-16-10-12(3)25-23-16/h5-10H,4H2,1-3H3,(H,19,22)(H,20,23,24). The molecule has 1 aromatic carbocycles. The van der Waals surface area contributed by atoms with Gasteiger partial charge in [0.15, 0.2) is 17.3 Å². The van der Waals surface area contributed by atoms with Gasteiger partial charge < -0.3 is 15.2 Å². The number of aromatic nitrogens is 3. The van der Waals surface area contributed by atoms with E-state index in [0.717, 1.165) is 17.7 Å². The Kier molecular flexibility index (Phi) is 4.74. The number of para-hydroxylation sites is 1. The van der Waals surface area contributed by atoms with Crippen LogP contribution in [0.1, 0.15) is 34.3 Å². The first-order valence-corrected chi connectivity index (χ1v) is 8.00. The zero-order valence-corrected chi connectivity index (χ0v) is 14.3. The number of aryl methyl sites for hydroxylation is 3. The molecule has 0 aliphatic rings. The third-order valence-electron chi connectivity index (χ3n) is 3.76. The number of carbonyl (C=O) groups is 1. The van der Waals surface area contributed by atoms with Gasteiger partial charge in [-0.05, 0) is 43.5 Å². The molecule has 0 fully saturated rings. The normalized spacial score (nSPS) is 10.5. The Morgan fingerprint density at radius 3 is 2.60 bits per heavy atom. The fraction of sp³-hybridized carbons (Fsp3) is 0.222. The van der Waals surface area contributed by atoms with Gasteiger partial charge in [-0.25, -0.2) is 0 Å². The zero-order valence-electron chi connectivity index (χ0n) is 14.3. The molecule has 2 N–H and O–H groups in total. The minimum absolute atomic E-state index is 0.201. The van der Waals surface area contributed by atoms with Gasteiger partial charge in [0.1, 0.15) is 5.76 Å². The van der Waals surface area contributed by atoms with Gasteiger partial charge in [-0.1, -0.05) is 30.3 Å². The molecule has 0 unspecified atom stereocenters. The maximum Gasteiger partial charge on any atom is 0.277 e. The van der Waals surface area contributed by atoms with Gasteiger partial charge in [0, 0.05) is 11.8 Å². The van der Waals surface area contributed by atoms with Crippen molar-refractivity contribution in [3.8, 4) is 0 Å². The Hall–Kier alpha value is -3.22. The molecule has 7 heteroatoms. The number of nitrogens with one attached hydrogen (secondary N) is 2. The average Bonchev–Trinajstić information content (AvgIpc) is 3.02. The number of nitrogens with zero attached hydrogens (tertiary/aromatic N) is 3. The smallest absolute Gasteiger partial charge is 0.277 e. The van der Waals surface area contributed by atoms with Gasteiger partial charge in [0.2, 0.25) is 0 Å². The van der Waals surface area contributed by atoms with Crippen LogP contribution in [0.25, 0.3) is 0 Å². The van der Waals surface area contributed by atoms with Crippen LogP contribution in [0.3, 0.4) is 0 Å². The monoisotopic (exact) mass is 337 g/mol. The van der Waals surface area contributed by atoms with Crippen LogP contribution in [0.15, 0.2) is 40.9 Å². The molecule has 0 atom stereocenters. The molecule has 0 spiro atoms. The van der Waals surface area contributed by atoms with Crippen molar-refractivity contribution in [2.45, 2.75) is 27.2 Å². The van der Waals surface area contributed by atoms with Gasteiger partial charge in [0.05, 0.1) is 0 Å². The quantitative estimate of drug-likeness (QED) is 0.738. The molecule has 2 heterocycles. The number of hydrogen-bond donors (Lipinski definition) is 2. The lowest BCUT2D eigenvalue weighted by Gasteiger charge is -2.13. The second-order valence-electron chi connectivity index (χ2n) is 5.67.